The number of aliphatic hydroxyl groups excluding tert-OH is 8. The van der Waals surface area contributed by atoms with Crippen LogP contribution >= 0.6 is 0 Å². The first kappa shape index (κ1) is 99.5. The van der Waals surface area contributed by atoms with Gasteiger partial charge in [0.15, 0.2) is 12.6 Å². The second kappa shape index (κ2) is 75.2. The molecule has 0 bridgehead atoms. The maximum absolute atomic E-state index is 13.4. The lowest BCUT2D eigenvalue weighted by Gasteiger charge is -2.46. The van der Waals surface area contributed by atoms with Gasteiger partial charge < -0.3 is 65.1 Å². The number of hydrogen-bond donors (Lipinski definition) is 9. The standard InChI is InChI=1S/C91H175NO13/c1-3-5-7-9-11-13-15-17-19-21-23-25-27-29-31-33-35-36-37-38-39-40-41-42-43-44-45-47-49-51-53-55-57-59-61-63-65-67-69-71-73-75-83(96)92-79(78-102-90-88(101)86(99)89(82(77-94)104-90)105-91-87(100)85(98)84(97)81(76-93)103-91)80(95)74-72-70-68-66-64-62-60-58-56-54-52-50-48-46-34-32-30-28-26-24-22-20-18-16-14-12-10-8-6-4-2/h15,17,21,23,79-82,84-91,93-95,97-101H,3-14,16,18-20,22,24-78H2,1-2H3,(H,92,96)/b17-15-,23-21-. The van der Waals surface area contributed by atoms with Crippen molar-refractivity contribution in [2.75, 3.05) is 19.8 Å². The second-order valence-electron chi connectivity index (χ2n) is 32.8. The average Bonchev–Trinajstić information content (AvgIpc) is 0.769. The molecule has 2 aliphatic rings. The molecule has 14 heteroatoms. The molecule has 12 unspecified atom stereocenters. The molecule has 0 saturated carbocycles. The highest BCUT2D eigenvalue weighted by molar-refractivity contribution is 5.76. The number of allylic oxidation sites excluding steroid dienone is 4. The molecule has 2 saturated heterocycles. The van der Waals surface area contributed by atoms with Crippen LogP contribution in [0.3, 0.4) is 0 Å². The Morgan fingerprint density at radius 1 is 0.343 bits per heavy atom. The Balaban J connectivity index is 1.53. The third-order valence-electron chi connectivity index (χ3n) is 22.9. The fraction of sp³-hybridized carbons (Fsp3) is 0.945. The lowest BCUT2D eigenvalue weighted by atomic mass is 9.97. The molecule has 9 N–H and O–H groups in total. The first-order valence-corrected chi connectivity index (χ1v) is 46.1. The van der Waals surface area contributed by atoms with Crippen molar-refractivity contribution in [2.45, 2.75) is 530 Å². The number of unbranched alkanes of at least 4 members (excludes halogenated alkanes) is 63. The van der Waals surface area contributed by atoms with Crippen LogP contribution in [-0.4, -0.2) is 140 Å². The van der Waals surface area contributed by atoms with Gasteiger partial charge in [0, 0.05) is 6.42 Å². The minimum Gasteiger partial charge on any atom is -0.394 e. The van der Waals surface area contributed by atoms with Crippen LogP contribution in [0, 0.1) is 0 Å². The Hall–Kier alpha value is -1.53. The number of ether oxygens (including phenoxy) is 4. The molecule has 0 aromatic heterocycles. The van der Waals surface area contributed by atoms with E-state index in [1.54, 1.807) is 0 Å². The molecule has 0 radical (unpaired) electrons. The van der Waals surface area contributed by atoms with Gasteiger partial charge in [0.25, 0.3) is 0 Å². The van der Waals surface area contributed by atoms with Crippen LogP contribution in [0.2, 0.25) is 0 Å². The van der Waals surface area contributed by atoms with Gasteiger partial charge in [0.05, 0.1) is 32.0 Å². The molecular weight excluding hydrogens is 1310 g/mol. The van der Waals surface area contributed by atoms with Crippen LogP contribution in [-0.2, 0) is 23.7 Å². The molecule has 12 atom stereocenters. The fourth-order valence-electron chi connectivity index (χ4n) is 15.7. The maximum Gasteiger partial charge on any atom is 0.220 e. The average molecular weight is 1490 g/mol. The van der Waals surface area contributed by atoms with Gasteiger partial charge in [-0.1, -0.05) is 430 Å². The summed E-state index contributed by atoms with van der Waals surface area (Å²) in [6.45, 7) is 2.94. The number of aliphatic hydroxyl groups is 8. The van der Waals surface area contributed by atoms with E-state index in [-0.39, 0.29) is 12.5 Å². The van der Waals surface area contributed by atoms with Crippen molar-refractivity contribution < 1.29 is 64.6 Å². The van der Waals surface area contributed by atoms with E-state index in [0.29, 0.717) is 12.8 Å². The first-order valence-electron chi connectivity index (χ1n) is 46.1. The summed E-state index contributed by atoms with van der Waals surface area (Å²) in [6, 6.07) is -0.828. The monoisotopic (exact) mass is 1490 g/mol. The highest BCUT2D eigenvalue weighted by Crippen LogP contribution is 2.31. The Morgan fingerprint density at radius 2 is 0.629 bits per heavy atom. The van der Waals surface area contributed by atoms with Crippen LogP contribution in [0.25, 0.3) is 0 Å². The van der Waals surface area contributed by atoms with Gasteiger partial charge in [-0.25, -0.2) is 0 Å². The van der Waals surface area contributed by atoms with Crippen molar-refractivity contribution in [1.29, 1.82) is 0 Å². The Labute approximate surface area is 647 Å². The lowest BCUT2D eigenvalue weighted by Crippen LogP contribution is -2.65. The van der Waals surface area contributed by atoms with Crippen LogP contribution < -0.4 is 5.32 Å². The van der Waals surface area contributed by atoms with Crippen molar-refractivity contribution in [3.63, 3.8) is 0 Å². The topological polar surface area (TPSA) is 228 Å². The minimum absolute atomic E-state index is 0.195. The smallest absolute Gasteiger partial charge is 0.220 e. The van der Waals surface area contributed by atoms with Crippen molar-refractivity contribution in [3.05, 3.63) is 24.3 Å². The predicted molar refractivity (Wildman–Crippen MR) is 438 cm³/mol. The van der Waals surface area contributed by atoms with Crippen molar-refractivity contribution >= 4 is 5.91 Å². The first-order chi connectivity index (χ1) is 51.6. The van der Waals surface area contributed by atoms with Gasteiger partial charge in [-0.3, -0.25) is 4.79 Å². The highest BCUT2D eigenvalue weighted by atomic mass is 16.7. The Bertz CT molecular complexity index is 1860. The van der Waals surface area contributed by atoms with E-state index in [4.69, 9.17) is 18.9 Å². The Kier molecular flexibility index (Phi) is 71.3. The summed E-state index contributed by atoms with van der Waals surface area (Å²) in [6.07, 6.45) is 82.7. The van der Waals surface area contributed by atoms with Crippen LogP contribution in [0.1, 0.15) is 457 Å². The molecule has 14 nitrogen and oxygen atoms in total. The molecule has 2 rings (SSSR count). The summed E-state index contributed by atoms with van der Waals surface area (Å²) in [5.74, 6) is -0.195. The lowest BCUT2D eigenvalue weighted by molar-refractivity contribution is -0.359. The summed E-state index contributed by atoms with van der Waals surface area (Å²) in [5, 5.41) is 88.1. The SMILES string of the molecule is CCCCCCC/C=C\C/C=C\CCCCCCCCCCCCCCCCCCCCCCCCCCCCCCCC(=O)NC(COC1OC(CO)C(OC2OC(CO)C(O)C(O)C2O)C(O)C1O)C(O)CCCCCCCCCCCCCCCCCCCCCCCCCCCCCCCC. The molecule has 2 heterocycles. The summed E-state index contributed by atoms with van der Waals surface area (Å²) in [4.78, 5) is 13.4. The third kappa shape index (κ3) is 57.2. The molecule has 2 fully saturated rings. The third-order valence-corrected chi connectivity index (χ3v) is 22.9. The summed E-state index contributed by atoms with van der Waals surface area (Å²) in [5.41, 5.74) is 0. The number of hydrogen-bond acceptors (Lipinski definition) is 13. The zero-order valence-electron chi connectivity index (χ0n) is 68.8. The summed E-state index contributed by atoms with van der Waals surface area (Å²) < 4.78 is 23.0. The number of nitrogens with one attached hydrogen (secondary N) is 1. The zero-order valence-corrected chi connectivity index (χ0v) is 68.8. The second-order valence-corrected chi connectivity index (χ2v) is 32.8. The van der Waals surface area contributed by atoms with Crippen molar-refractivity contribution in [2.24, 2.45) is 0 Å². The summed E-state index contributed by atoms with van der Waals surface area (Å²) in [7, 11) is 0. The van der Waals surface area contributed by atoms with E-state index in [9.17, 15) is 45.6 Å². The van der Waals surface area contributed by atoms with Crippen molar-refractivity contribution in [3.8, 4) is 0 Å². The van der Waals surface area contributed by atoms with Crippen LogP contribution in [0.5, 0.6) is 0 Å². The fourth-order valence-corrected chi connectivity index (χ4v) is 15.7. The van der Waals surface area contributed by atoms with E-state index < -0.39 is 86.8 Å². The molecule has 0 spiro atoms. The number of rotatable bonds is 80. The largest absolute Gasteiger partial charge is 0.394 e. The van der Waals surface area contributed by atoms with E-state index in [1.807, 2.05) is 0 Å². The van der Waals surface area contributed by atoms with Gasteiger partial charge in [0.2, 0.25) is 5.91 Å². The molecular formula is C91H175NO13. The van der Waals surface area contributed by atoms with Gasteiger partial charge in [-0.2, -0.15) is 0 Å². The number of carbonyl (C=O) groups is 1. The molecule has 0 aromatic rings. The molecule has 622 valence electrons. The molecule has 0 aromatic carbocycles. The van der Waals surface area contributed by atoms with Gasteiger partial charge in [-0.15, -0.1) is 0 Å². The van der Waals surface area contributed by atoms with Crippen LogP contribution in [0.4, 0.5) is 0 Å². The minimum atomic E-state index is -1.78. The maximum atomic E-state index is 13.4. The van der Waals surface area contributed by atoms with E-state index in [2.05, 4.69) is 43.5 Å². The molecule has 0 aliphatic carbocycles. The highest BCUT2D eigenvalue weighted by Gasteiger charge is 2.51. The molecule has 2 aliphatic heterocycles. The Morgan fingerprint density at radius 3 is 0.952 bits per heavy atom. The quantitative estimate of drug-likeness (QED) is 0.0204. The van der Waals surface area contributed by atoms with Crippen molar-refractivity contribution in [1.82, 2.24) is 5.32 Å². The number of amides is 1. The van der Waals surface area contributed by atoms with E-state index in [1.165, 1.54) is 372 Å². The number of carbonyl (C=O) groups excluding carboxylic acids is 1. The molecule has 1 amide bonds. The van der Waals surface area contributed by atoms with E-state index >= 15 is 0 Å². The van der Waals surface area contributed by atoms with Gasteiger partial charge >= 0.3 is 0 Å². The van der Waals surface area contributed by atoms with Gasteiger partial charge in [0.1, 0.15) is 48.8 Å². The normalized spacial score (nSPS) is 21.4. The van der Waals surface area contributed by atoms with Crippen LogP contribution in [0.15, 0.2) is 24.3 Å². The van der Waals surface area contributed by atoms with E-state index in [0.717, 1.165) is 57.8 Å². The zero-order chi connectivity index (χ0) is 75.8. The predicted octanol–water partition coefficient (Wildman–Crippen LogP) is 22.5. The molecule has 105 heavy (non-hydrogen) atoms. The summed E-state index contributed by atoms with van der Waals surface area (Å²) >= 11 is 0. The van der Waals surface area contributed by atoms with Gasteiger partial charge in [-0.05, 0) is 44.9 Å².